The summed E-state index contributed by atoms with van der Waals surface area (Å²) in [5, 5.41) is 1.52. The third kappa shape index (κ3) is 2.10. The number of carbonyl (C=O) groups excluding carboxylic acids is 1. The molecule has 0 radical (unpaired) electrons. The van der Waals surface area contributed by atoms with E-state index in [0.29, 0.717) is 21.0 Å². The van der Waals surface area contributed by atoms with Crippen LogP contribution in [-0.2, 0) is 0 Å². The molecule has 0 aliphatic rings. The van der Waals surface area contributed by atoms with Gasteiger partial charge in [0.05, 0.1) is 16.1 Å². The van der Waals surface area contributed by atoms with Gasteiger partial charge in [-0.2, -0.15) is 0 Å². The maximum Gasteiger partial charge on any atom is 0.201 e. The molecule has 0 aliphatic carbocycles. The first-order chi connectivity index (χ1) is 8.04. The highest BCUT2D eigenvalue weighted by Crippen LogP contribution is 2.21. The highest BCUT2D eigenvalue weighted by Gasteiger charge is 2.15. The van der Waals surface area contributed by atoms with Crippen LogP contribution in [0.15, 0.2) is 28.0 Å². The highest BCUT2D eigenvalue weighted by molar-refractivity contribution is 7.98. The average Bonchev–Trinajstić information content (AvgIpc) is 2.29. The van der Waals surface area contributed by atoms with Crippen molar-refractivity contribution < 1.29 is 4.79 Å². The van der Waals surface area contributed by atoms with Crippen molar-refractivity contribution in [2.24, 2.45) is 0 Å². The van der Waals surface area contributed by atoms with Gasteiger partial charge in [0, 0.05) is 10.4 Å². The summed E-state index contributed by atoms with van der Waals surface area (Å²) in [7, 11) is 0. The van der Waals surface area contributed by atoms with E-state index >= 15 is 0 Å². The number of nitrogens with one attached hydrogen (secondary N) is 1. The standard InChI is InChI=1S/C12H10ClNO2S/c1-6(15)10-11(16)8-5-7(13)3-4-9(8)14-12(10)17-2/h3-5H,1-2H3,(H,14,16). The van der Waals surface area contributed by atoms with E-state index in [1.54, 1.807) is 18.2 Å². The molecule has 0 saturated heterocycles. The number of aromatic amines is 1. The number of hydrogen-bond acceptors (Lipinski definition) is 3. The predicted molar refractivity (Wildman–Crippen MR) is 71.4 cm³/mol. The number of aromatic nitrogens is 1. The summed E-state index contributed by atoms with van der Waals surface area (Å²) in [5.74, 6) is -0.238. The lowest BCUT2D eigenvalue weighted by molar-refractivity contribution is 0.101. The molecule has 0 fully saturated rings. The number of halogens is 1. The van der Waals surface area contributed by atoms with Gasteiger partial charge in [-0.25, -0.2) is 0 Å². The van der Waals surface area contributed by atoms with Gasteiger partial charge in [0.15, 0.2) is 5.78 Å². The number of rotatable bonds is 2. The summed E-state index contributed by atoms with van der Waals surface area (Å²) in [4.78, 5) is 26.8. The summed E-state index contributed by atoms with van der Waals surface area (Å²) < 4.78 is 0. The highest BCUT2D eigenvalue weighted by atomic mass is 35.5. The first kappa shape index (κ1) is 12.2. The summed E-state index contributed by atoms with van der Waals surface area (Å²) >= 11 is 7.20. The lowest BCUT2D eigenvalue weighted by atomic mass is 10.1. The number of fused-ring (bicyclic) bond motifs is 1. The van der Waals surface area contributed by atoms with E-state index in [-0.39, 0.29) is 16.8 Å². The molecular weight excluding hydrogens is 258 g/mol. The van der Waals surface area contributed by atoms with Gasteiger partial charge in [-0.1, -0.05) is 11.6 Å². The zero-order chi connectivity index (χ0) is 12.6. The summed E-state index contributed by atoms with van der Waals surface area (Å²) in [6.07, 6.45) is 1.82. The molecule has 0 spiro atoms. The van der Waals surface area contributed by atoms with Crippen molar-refractivity contribution in [1.82, 2.24) is 4.98 Å². The second-order valence-electron chi connectivity index (χ2n) is 3.61. The molecule has 17 heavy (non-hydrogen) atoms. The van der Waals surface area contributed by atoms with Crippen LogP contribution >= 0.6 is 23.4 Å². The minimum Gasteiger partial charge on any atom is -0.349 e. The number of thioether (sulfide) groups is 1. The Morgan fingerprint density at radius 2 is 2.12 bits per heavy atom. The van der Waals surface area contributed by atoms with Crippen molar-refractivity contribution in [2.45, 2.75) is 11.9 Å². The van der Waals surface area contributed by atoms with Gasteiger partial charge < -0.3 is 4.98 Å². The molecule has 0 saturated carbocycles. The molecule has 0 bridgehead atoms. The van der Waals surface area contributed by atoms with Gasteiger partial charge in [0.25, 0.3) is 0 Å². The van der Waals surface area contributed by atoms with E-state index in [4.69, 9.17) is 11.6 Å². The zero-order valence-corrected chi connectivity index (χ0v) is 10.9. The zero-order valence-electron chi connectivity index (χ0n) is 9.33. The van der Waals surface area contributed by atoms with Crippen molar-refractivity contribution in [1.29, 1.82) is 0 Å². The van der Waals surface area contributed by atoms with Crippen molar-refractivity contribution >= 4 is 40.0 Å². The minimum absolute atomic E-state index is 0.201. The van der Waals surface area contributed by atoms with Crippen LogP contribution in [0.5, 0.6) is 0 Å². The quantitative estimate of drug-likeness (QED) is 0.672. The van der Waals surface area contributed by atoms with Crippen LogP contribution in [0.4, 0.5) is 0 Å². The van der Waals surface area contributed by atoms with E-state index in [1.807, 2.05) is 6.26 Å². The molecule has 0 unspecified atom stereocenters. The fraction of sp³-hybridized carbons (Fsp3) is 0.167. The molecule has 1 N–H and O–H groups in total. The molecule has 0 atom stereocenters. The monoisotopic (exact) mass is 267 g/mol. The molecule has 88 valence electrons. The van der Waals surface area contributed by atoms with Crippen LogP contribution in [0.3, 0.4) is 0 Å². The number of pyridine rings is 1. The van der Waals surface area contributed by atoms with Crippen molar-refractivity contribution in [2.75, 3.05) is 6.26 Å². The average molecular weight is 268 g/mol. The first-order valence-corrected chi connectivity index (χ1v) is 6.55. The number of ketones is 1. The van der Waals surface area contributed by atoms with Gasteiger partial charge in [-0.05, 0) is 31.4 Å². The molecular formula is C12H10ClNO2S. The van der Waals surface area contributed by atoms with Gasteiger partial charge >= 0.3 is 0 Å². The second-order valence-corrected chi connectivity index (χ2v) is 4.86. The van der Waals surface area contributed by atoms with Crippen LogP contribution in [0.25, 0.3) is 10.9 Å². The Labute approximate surface area is 107 Å². The van der Waals surface area contributed by atoms with E-state index in [1.165, 1.54) is 18.7 Å². The third-order valence-corrected chi connectivity index (χ3v) is 3.43. The molecule has 1 heterocycles. The van der Waals surface area contributed by atoms with Crippen LogP contribution in [0.1, 0.15) is 17.3 Å². The molecule has 1 aromatic carbocycles. The van der Waals surface area contributed by atoms with E-state index in [0.717, 1.165) is 0 Å². The summed E-state index contributed by atoms with van der Waals surface area (Å²) in [5.41, 5.74) is 0.624. The van der Waals surface area contributed by atoms with Crippen molar-refractivity contribution in [3.05, 3.63) is 39.0 Å². The minimum atomic E-state index is -0.266. The topological polar surface area (TPSA) is 49.9 Å². The van der Waals surface area contributed by atoms with Crippen molar-refractivity contribution in [3.63, 3.8) is 0 Å². The molecule has 0 amide bonds. The Balaban J connectivity index is 2.94. The normalized spacial score (nSPS) is 10.8. The lowest BCUT2D eigenvalue weighted by Gasteiger charge is -2.06. The SMILES string of the molecule is CSc1[nH]c2ccc(Cl)cc2c(=O)c1C(C)=O. The maximum atomic E-state index is 12.2. The molecule has 2 aromatic rings. The van der Waals surface area contributed by atoms with Crippen LogP contribution < -0.4 is 5.43 Å². The molecule has 0 aliphatic heterocycles. The van der Waals surface area contributed by atoms with Crippen LogP contribution in [0.2, 0.25) is 5.02 Å². The van der Waals surface area contributed by atoms with E-state index < -0.39 is 0 Å². The lowest BCUT2D eigenvalue weighted by Crippen LogP contribution is -2.16. The Bertz CT molecular complexity index is 663. The van der Waals surface area contributed by atoms with Crippen molar-refractivity contribution in [3.8, 4) is 0 Å². The Kier molecular flexibility index (Phi) is 3.26. The number of hydrogen-bond donors (Lipinski definition) is 1. The van der Waals surface area contributed by atoms with E-state index in [2.05, 4.69) is 4.98 Å². The Morgan fingerprint density at radius 1 is 1.41 bits per heavy atom. The Morgan fingerprint density at radius 3 is 2.71 bits per heavy atom. The van der Waals surface area contributed by atoms with Gasteiger partial charge in [-0.15, -0.1) is 11.8 Å². The fourth-order valence-electron chi connectivity index (χ4n) is 1.71. The molecule has 5 heteroatoms. The molecule has 2 rings (SSSR count). The Hall–Kier alpha value is -1.26. The molecule has 1 aromatic heterocycles. The van der Waals surface area contributed by atoms with E-state index in [9.17, 15) is 9.59 Å². The molecule has 3 nitrogen and oxygen atoms in total. The second kappa shape index (κ2) is 4.55. The maximum absolute atomic E-state index is 12.2. The number of benzene rings is 1. The van der Waals surface area contributed by atoms with Crippen LogP contribution in [0, 0.1) is 0 Å². The van der Waals surface area contributed by atoms with Gasteiger partial charge in [0.1, 0.15) is 0 Å². The smallest absolute Gasteiger partial charge is 0.201 e. The van der Waals surface area contributed by atoms with Crippen LogP contribution in [-0.4, -0.2) is 17.0 Å². The largest absolute Gasteiger partial charge is 0.349 e. The number of Topliss-reactive ketones (excluding diaryl/α,β-unsaturated/α-hetero) is 1. The number of carbonyl (C=O) groups is 1. The summed E-state index contributed by atoms with van der Waals surface area (Å²) in [6.45, 7) is 1.39. The third-order valence-electron chi connectivity index (χ3n) is 2.48. The van der Waals surface area contributed by atoms with Gasteiger partial charge in [-0.3, -0.25) is 9.59 Å². The summed E-state index contributed by atoms with van der Waals surface area (Å²) in [6, 6.07) is 5.02. The number of H-pyrrole nitrogens is 1. The fourth-order valence-corrected chi connectivity index (χ4v) is 2.53. The van der Waals surface area contributed by atoms with Gasteiger partial charge in [0.2, 0.25) is 5.43 Å². The first-order valence-electron chi connectivity index (χ1n) is 4.95. The predicted octanol–water partition coefficient (Wildman–Crippen LogP) is 3.11.